The average Bonchev–Trinajstić information content (AvgIpc) is 3.01. The number of methoxy groups -OCH3 is 1. The van der Waals surface area contributed by atoms with Gasteiger partial charge in [0.25, 0.3) is 5.91 Å². The Hall–Kier alpha value is -1.43. The normalized spacial score (nSPS) is 25.0. The van der Waals surface area contributed by atoms with Gasteiger partial charge in [-0.1, -0.05) is 12.1 Å². The molecule has 1 amide bonds. The van der Waals surface area contributed by atoms with Gasteiger partial charge in [-0.25, -0.2) is 0 Å². The van der Waals surface area contributed by atoms with Crippen molar-refractivity contribution in [2.24, 2.45) is 0 Å². The second-order valence-corrected chi connectivity index (χ2v) is 6.09. The molecule has 2 fully saturated rings. The predicted molar refractivity (Wildman–Crippen MR) is 83.8 cm³/mol. The van der Waals surface area contributed by atoms with Crippen molar-refractivity contribution in [2.45, 2.75) is 31.6 Å². The summed E-state index contributed by atoms with van der Waals surface area (Å²) in [4.78, 5) is 14.7. The van der Waals surface area contributed by atoms with E-state index in [-0.39, 0.29) is 12.0 Å². The summed E-state index contributed by atoms with van der Waals surface area (Å²) in [6, 6.07) is 8.11. The highest BCUT2D eigenvalue weighted by atomic mass is 16.5. The molecule has 1 N–H and O–H groups in total. The summed E-state index contributed by atoms with van der Waals surface area (Å²) in [7, 11) is 1.66. The Morgan fingerprint density at radius 3 is 3.00 bits per heavy atom. The van der Waals surface area contributed by atoms with Gasteiger partial charge in [-0.05, 0) is 37.1 Å². The lowest BCUT2D eigenvalue weighted by molar-refractivity contribution is -0.0461. The van der Waals surface area contributed by atoms with E-state index in [2.05, 4.69) is 10.2 Å². The van der Waals surface area contributed by atoms with Crippen molar-refractivity contribution >= 4 is 5.91 Å². The van der Waals surface area contributed by atoms with E-state index in [0.29, 0.717) is 24.8 Å². The summed E-state index contributed by atoms with van der Waals surface area (Å²) in [5, 5.41) is 2.98. The lowest BCUT2D eigenvalue weighted by Crippen LogP contribution is -2.50. The quantitative estimate of drug-likeness (QED) is 0.894. The number of carbonyl (C=O) groups excluding carboxylic acids is 1. The Morgan fingerprint density at radius 2 is 2.23 bits per heavy atom. The minimum atomic E-state index is -0.0453. The van der Waals surface area contributed by atoms with Crippen molar-refractivity contribution in [1.82, 2.24) is 10.2 Å². The van der Waals surface area contributed by atoms with Crippen molar-refractivity contribution in [1.29, 1.82) is 0 Å². The topological polar surface area (TPSA) is 50.8 Å². The maximum atomic E-state index is 12.2. The van der Waals surface area contributed by atoms with Gasteiger partial charge < -0.3 is 14.8 Å². The third kappa shape index (κ3) is 3.66. The summed E-state index contributed by atoms with van der Waals surface area (Å²) in [5.41, 5.74) is 1.74. The molecule has 22 heavy (non-hydrogen) atoms. The number of benzene rings is 1. The van der Waals surface area contributed by atoms with Gasteiger partial charge >= 0.3 is 0 Å². The molecule has 3 rings (SSSR count). The number of hydrogen-bond acceptors (Lipinski definition) is 4. The monoisotopic (exact) mass is 304 g/mol. The van der Waals surface area contributed by atoms with Crippen LogP contribution < -0.4 is 5.32 Å². The molecule has 5 nitrogen and oxygen atoms in total. The summed E-state index contributed by atoms with van der Waals surface area (Å²) < 4.78 is 10.9. The maximum Gasteiger partial charge on any atom is 0.251 e. The highest BCUT2D eigenvalue weighted by molar-refractivity contribution is 5.94. The summed E-state index contributed by atoms with van der Waals surface area (Å²) in [6.45, 7) is 4.03. The molecule has 120 valence electrons. The van der Waals surface area contributed by atoms with E-state index >= 15 is 0 Å². The van der Waals surface area contributed by atoms with Crippen LogP contribution in [0.4, 0.5) is 0 Å². The largest absolute Gasteiger partial charge is 0.380 e. The Bertz CT molecular complexity index is 503. The first kappa shape index (κ1) is 15.5. The fraction of sp³-hybridized carbons (Fsp3) is 0.588. The Balaban J connectivity index is 1.47. The van der Waals surface area contributed by atoms with Gasteiger partial charge in [0, 0.05) is 31.8 Å². The molecular weight excluding hydrogens is 280 g/mol. The summed E-state index contributed by atoms with van der Waals surface area (Å²) >= 11 is 0. The first-order valence-electron chi connectivity index (χ1n) is 7.98. The number of amides is 1. The predicted octanol–water partition coefficient (Wildman–Crippen LogP) is 1.43. The zero-order valence-corrected chi connectivity index (χ0v) is 13.1. The second kappa shape index (κ2) is 7.22. The zero-order valence-electron chi connectivity index (χ0n) is 13.1. The number of carbonyl (C=O) groups is 1. The molecule has 2 heterocycles. The first-order valence-corrected chi connectivity index (χ1v) is 7.98. The molecule has 1 aromatic rings. The van der Waals surface area contributed by atoms with Crippen LogP contribution in [-0.2, 0) is 16.1 Å². The summed E-state index contributed by atoms with van der Waals surface area (Å²) in [6.07, 6.45) is 2.61. The van der Waals surface area contributed by atoms with Crippen LogP contribution in [0.2, 0.25) is 0 Å². The van der Waals surface area contributed by atoms with Crippen molar-refractivity contribution in [3.8, 4) is 0 Å². The third-order valence-corrected chi connectivity index (χ3v) is 4.48. The molecule has 0 spiro atoms. The van der Waals surface area contributed by atoms with E-state index in [4.69, 9.17) is 9.47 Å². The van der Waals surface area contributed by atoms with E-state index in [0.717, 1.165) is 18.7 Å². The Labute approximate surface area is 131 Å². The number of fused-ring (bicyclic) bond motifs is 1. The molecule has 2 aliphatic heterocycles. The molecule has 2 atom stereocenters. The van der Waals surface area contributed by atoms with Crippen LogP contribution in [0.5, 0.6) is 0 Å². The standard InChI is InChI=1S/C17H24N2O3/c1-21-11-13-4-6-14(7-5-13)17(20)18-9-16-10-19-8-2-3-15(19)12-22-16/h4-7,15-16H,2-3,8-12H2,1H3,(H,18,20). The van der Waals surface area contributed by atoms with E-state index in [9.17, 15) is 4.79 Å². The van der Waals surface area contributed by atoms with Crippen molar-refractivity contribution < 1.29 is 14.3 Å². The summed E-state index contributed by atoms with van der Waals surface area (Å²) in [5.74, 6) is -0.0453. The van der Waals surface area contributed by atoms with Gasteiger partial charge in [-0.15, -0.1) is 0 Å². The highest BCUT2D eigenvalue weighted by Gasteiger charge is 2.32. The van der Waals surface area contributed by atoms with Gasteiger partial charge in [-0.3, -0.25) is 9.69 Å². The van der Waals surface area contributed by atoms with Crippen LogP contribution in [0.15, 0.2) is 24.3 Å². The maximum absolute atomic E-state index is 12.2. The first-order chi connectivity index (χ1) is 10.8. The lowest BCUT2D eigenvalue weighted by Gasteiger charge is -2.35. The van der Waals surface area contributed by atoms with Crippen LogP contribution in [0.1, 0.15) is 28.8 Å². The smallest absolute Gasteiger partial charge is 0.251 e. The van der Waals surface area contributed by atoms with E-state index in [1.807, 2.05) is 24.3 Å². The SMILES string of the molecule is COCc1ccc(C(=O)NCC2CN3CCCC3CO2)cc1. The molecule has 2 unspecified atom stereocenters. The number of ether oxygens (including phenoxy) is 2. The van der Waals surface area contributed by atoms with E-state index in [1.165, 1.54) is 19.4 Å². The van der Waals surface area contributed by atoms with Crippen LogP contribution >= 0.6 is 0 Å². The number of nitrogens with one attached hydrogen (secondary N) is 1. The van der Waals surface area contributed by atoms with Crippen LogP contribution in [-0.4, -0.2) is 56.3 Å². The molecule has 0 aliphatic carbocycles. The fourth-order valence-electron chi connectivity index (χ4n) is 3.24. The van der Waals surface area contributed by atoms with Crippen molar-refractivity contribution in [3.05, 3.63) is 35.4 Å². The lowest BCUT2D eigenvalue weighted by atomic mass is 10.1. The molecule has 5 heteroatoms. The molecule has 2 saturated heterocycles. The number of nitrogens with zero attached hydrogens (tertiary/aromatic N) is 1. The average molecular weight is 304 g/mol. The number of morpholine rings is 1. The molecular formula is C17H24N2O3. The van der Waals surface area contributed by atoms with Gasteiger partial charge in [0.2, 0.25) is 0 Å². The molecule has 0 radical (unpaired) electrons. The van der Waals surface area contributed by atoms with Gasteiger partial charge in [0.15, 0.2) is 0 Å². The van der Waals surface area contributed by atoms with E-state index < -0.39 is 0 Å². The van der Waals surface area contributed by atoms with Crippen molar-refractivity contribution in [3.63, 3.8) is 0 Å². The third-order valence-electron chi connectivity index (χ3n) is 4.48. The minimum absolute atomic E-state index is 0.0453. The van der Waals surface area contributed by atoms with Gasteiger partial charge in [0.05, 0.1) is 19.3 Å². The zero-order chi connectivity index (χ0) is 15.4. The Kier molecular flexibility index (Phi) is 5.08. The van der Waals surface area contributed by atoms with E-state index in [1.54, 1.807) is 7.11 Å². The Morgan fingerprint density at radius 1 is 1.41 bits per heavy atom. The number of hydrogen-bond donors (Lipinski definition) is 1. The molecule has 0 bridgehead atoms. The highest BCUT2D eigenvalue weighted by Crippen LogP contribution is 2.22. The van der Waals surface area contributed by atoms with Gasteiger partial charge in [-0.2, -0.15) is 0 Å². The molecule has 1 aromatic carbocycles. The number of rotatable bonds is 5. The molecule has 0 saturated carbocycles. The van der Waals surface area contributed by atoms with Crippen LogP contribution in [0.3, 0.4) is 0 Å². The second-order valence-electron chi connectivity index (χ2n) is 6.09. The van der Waals surface area contributed by atoms with Crippen molar-refractivity contribution in [2.75, 3.05) is 33.4 Å². The van der Waals surface area contributed by atoms with Crippen LogP contribution in [0, 0.1) is 0 Å². The van der Waals surface area contributed by atoms with Crippen LogP contribution in [0.25, 0.3) is 0 Å². The van der Waals surface area contributed by atoms with Gasteiger partial charge in [0.1, 0.15) is 0 Å². The fourth-order valence-corrected chi connectivity index (χ4v) is 3.24. The molecule has 2 aliphatic rings. The minimum Gasteiger partial charge on any atom is -0.380 e. The molecule has 0 aromatic heterocycles.